The van der Waals surface area contributed by atoms with Crippen LogP contribution < -0.4 is 0 Å². The number of Topliss-reactive ketones (excluding diaryl/α,β-unsaturated/α-hetero) is 1. The van der Waals surface area contributed by atoms with Gasteiger partial charge in [-0.2, -0.15) is 0 Å². The molecule has 0 aliphatic heterocycles. The number of hydrogen-bond acceptors (Lipinski definition) is 2. The Morgan fingerprint density at radius 1 is 1.33 bits per heavy atom. The average Bonchev–Trinajstić information content (AvgIpc) is 1.99. The molecule has 2 N–H and O–H groups in total. The van der Waals surface area contributed by atoms with Gasteiger partial charge in [0.05, 0.1) is 5.56 Å². The molecule has 4 nitrogen and oxygen atoms in total. The zero-order valence-electron chi connectivity index (χ0n) is 7.35. The minimum atomic E-state index is -4.53. The molecule has 1 aromatic rings. The van der Waals surface area contributed by atoms with Crippen molar-refractivity contribution in [3.05, 3.63) is 35.4 Å². The van der Waals surface area contributed by atoms with E-state index in [1.807, 2.05) is 0 Å². The summed E-state index contributed by atoms with van der Waals surface area (Å²) in [6.07, 6.45) is -1.09. The van der Waals surface area contributed by atoms with Crippen LogP contribution in [0.4, 0.5) is 8.78 Å². The van der Waals surface area contributed by atoms with E-state index in [4.69, 9.17) is 9.79 Å². The van der Waals surface area contributed by atoms with Crippen molar-refractivity contribution in [2.24, 2.45) is 0 Å². The molecular weight excluding hydrogens is 229 g/mol. The third-order valence-corrected chi connectivity index (χ3v) is 2.28. The van der Waals surface area contributed by atoms with Crippen LogP contribution in [-0.2, 0) is 4.57 Å². The minimum Gasteiger partial charge on any atom is -0.324 e. The highest BCUT2D eigenvalue weighted by Crippen LogP contribution is 2.35. The van der Waals surface area contributed by atoms with Crippen LogP contribution in [0.2, 0.25) is 0 Å². The first-order valence-electron chi connectivity index (χ1n) is 3.82. The summed E-state index contributed by atoms with van der Waals surface area (Å²) in [6.45, 7) is 0. The topological polar surface area (TPSA) is 74.6 Å². The van der Waals surface area contributed by atoms with E-state index >= 15 is 0 Å². The smallest absolute Gasteiger partial charge is 0.324 e. The molecule has 0 fully saturated rings. The lowest BCUT2D eigenvalue weighted by atomic mass is 10.1. The van der Waals surface area contributed by atoms with Gasteiger partial charge in [0.15, 0.2) is 5.78 Å². The second kappa shape index (κ2) is 4.18. The zero-order valence-corrected chi connectivity index (χ0v) is 8.25. The summed E-state index contributed by atoms with van der Waals surface area (Å²) in [4.78, 5) is 28.1. The predicted molar refractivity (Wildman–Crippen MR) is 47.6 cm³/mol. The van der Waals surface area contributed by atoms with E-state index in [0.717, 1.165) is 12.1 Å². The molecule has 0 bridgehead atoms. The summed E-state index contributed by atoms with van der Waals surface area (Å²) < 4.78 is 35.9. The number of rotatable bonds is 3. The fourth-order valence-corrected chi connectivity index (χ4v) is 1.53. The van der Waals surface area contributed by atoms with Gasteiger partial charge in [0.1, 0.15) is 17.8 Å². The van der Waals surface area contributed by atoms with Gasteiger partial charge in [-0.3, -0.25) is 9.36 Å². The maximum absolute atomic E-state index is 13.0. The van der Waals surface area contributed by atoms with E-state index in [1.165, 1.54) is 0 Å². The van der Waals surface area contributed by atoms with Gasteiger partial charge < -0.3 is 9.79 Å². The number of hydrogen-bond donors (Lipinski definition) is 2. The summed E-state index contributed by atoms with van der Waals surface area (Å²) in [6, 6.07) is 2.17. The molecule has 0 aromatic heterocycles. The van der Waals surface area contributed by atoms with Gasteiger partial charge in [0.25, 0.3) is 0 Å². The lowest BCUT2D eigenvalue weighted by Gasteiger charge is -2.04. The zero-order chi connectivity index (χ0) is 11.6. The SMILES string of the molecule is O=C(CP(=O)(O)O)c1ccc(F)cc1F. The van der Waals surface area contributed by atoms with Crippen LogP contribution in [0.1, 0.15) is 10.4 Å². The fourth-order valence-electron chi connectivity index (χ4n) is 0.988. The Kier molecular flexibility index (Phi) is 3.34. The van der Waals surface area contributed by atoms with Gasteiger partial charge >= 0.3 is 7.60 Å². The molecule has 0 unspecified atom stereocenters. The quantitative estimate of drug-likeness (QED) is 0.613. The van der Waals surface area contributed by atoms with E-state index in [-0.39, 0.29) is 0 Å². The summed E-state index contributed by atoms with van der Waals surface area (Å²) in [5.74, 6) is -3.05. The molecule has 15 heavy (non-hydrogen) atoms. The van der Waals surface area contributed by atoms with Crippen LogP contribution in [-0.4, -0.2) is 21.7 Å². The van der Waals surface area contributed by atoms with E-state index in [0.29, 0.717) is 6.07 Å². The molecule has 0 heterocycles. The number of ketones is 1. The summed E-state index contributed by atoms with van der Waals surface area (Å²) >= 11 is 0. The van der Waals surface area contributed by atoms with E-state index in [1.54, 1.807) is 0 Å². The summed E-state index contributed by atoms with van der Waals surface area (Å²) in [5, 5.41) is 0. The summed E-state index contributed by atoms with van der Waals surface area (Å²) in [7, 11) is -4.53. The number of halogens is 2. The van der Waals surface area contributed by atoms with E-state index in [2.05, 4.69) is 0 Å². The van der Waals surface area contributed by atoms with E-state index in [9.17, 15) is 18.1 Å². The van der Waals surface area contributed by atoms with E-state index < -0.39 is 36.7 Å². The van der Waals surface area contributed by atoms with Crippen molar-refractivity contribution in [2.75, 3.05) is 6.16 Å². The molecule has 1 aromatic carbocycles. The maximum Gasteiger partial charge on any atom is 0.333 e. The molecule has 0 saturated heterocycles. The molecule has 1 rings (SSSR count). The van der Waals surface area contributed by atoms with Crippen LogP contribution in [0, 0.1) is 11.6 Å². The lowest BCUT2D eigenvalue weighted by molar-refractivity contribution is 0.101. The third-order valence-electron chi connectivity index (χ3n) is 1.58. The van der Waals surface area contributed by atoms with Gasteiger partial charge in [-0.1, -0.05) is 0 Å². The van der Waals surface area contributed by atoms with Crippen LogP contribution >= 0.6 is 7.60 Å². The molecule has 0 atom stereocenters. The molecular formula is C8H7F2O4P. The van der Waals surface area contributed by atoms with Crippen molar-refractivity contribution in [1.29, 1.82) is 0 Å². The molecule has 0 aliphatic rings. The first-order valence-corrected chi connectivity index (χ1v) is 5.62. The van der Waals surface area contributed by atoms with Crippen molar-refractivity contribution < 1.29 is 27.9 Å². The van der Waals surface area contributed by atoms with Crippen molar-refractivity contribution in [1.82, 2.24) is 0 Å². The average molecular weight is 236 g/mol. The highest BCUT2D eigenvalue weighted by molar-refractivity contribution is 7.52. The standard InChI is InChI=1S/C8H7F2O4P/c9-5-1-2-6(7(10)3-5)8(11)4-15(12,13)14/h1-3H,4H2,(H2,12,13,14). The summed E-state index contributed by atoms with van der Waals surface area (Å²) in [5.41, 5.74) is -0.528. The number of carbonyl (C=O) groups is 1. The van der Waals surface area contributed by atoms with Crippen LogP contribution in [0.3, 0.4) is 0 Å². The molecule has 0 spiro atoms. The van der Waals surface area contributed by atoms with Crippen molar-refractivity contribution in [3.63, 3.8) is 0 Å². The predicted octanol–water partition coefficient (Wildman–Crippen LogP) is 1.33. The minimum absolute atomic E-state index is 0.479. The number of carbonyl (C=O) groups excluding carboxylic acids is 1. The molecule has 82 valence electrons. The monoisotopic (exact) mass is 236 g/mol. The first-order chi connectivity index (χ1) is 6.79. The van der Waals surface area contributed by atoms with Crippen LogP contribution in [0.5, 0.6) is 0 Å². The highest BCUT2D eigenvalue weighted by Gasteiger charge is 2.22. The third kappa shape index (κ3) is 3.51. The first kappa shape index (κ1) is 12.0. The normalized spacial score (nSPS) is 11.5. The Morgan fingerprint density at radius 2 is 1.93 bits per heavy atom. The molecule has 0 aliphatic carbocycles. The maximum atomic E-state index is 13.0. The Balaban J connectivity index is 2.97. The lowest BCUT2D eigenvalue weighted by Crippen LogP contribution is -2.08. The van der Waals surface area contributed by atoms with Gasteiger partial charge in [-0.05, 0) is 12.1 Å². The van der Waals surface area contributed by atoms with Gasteiger partial charge in [0.2, 0.25) is 0 Å². The fraction of sp³-hybridized carbons (Fsp3) is 0.125. The van der Waals surface area contributed by atoms with Crippen LogP contribution in [0.15, 0.2) is 18.2 Å². The largest absolute Gasteiger partial charge is 0.333 e. The Hall–Kier alpha value is -1.10. The van der Waals surface area contributed by atoms with Crippen LogP contribution in [0.25, 0.3) is 0 Å². The Morgan fingerprint density at radius 3 is 2.40 bits per heavy atom. The Labute approximate surface area is 83.7 Å². The molecule has 0 radical (unpaired) electrons. The molecule has 0 saturated carbocycles. The van der Waals surface area contributed by atoms with Crippen molar-refractivity contribution in [2.45, 2.75) is 0 Å². The molecule has 0 amide bonds. The second-order valence-electron chi connectivity index (χ2n) is 2.87. The highest BCUT2D eigenvalue weighted by atomic mass is 31.2. The van der Waals surface area contributed by atoms with Crippen molar-refractivity contribution >= 4 is 13.4 Å². The second-order valence-corrected chi connectivity index (χ2v) is 4.52. The van der Waals surface area contributed by atoms with Gasteiger partial charge in [-0.15, -0.1) is 0 Å². The Bertz CT molecular complexity index is 440. The van der Waals surface area contributed by atoms with Gasteiger partial charge in [0, 0.05) is 6.07 Å². The van der Waals surface area contributed by atoms with Crippen molar-refractivity contribution in [3.8, 4) is 0 Å². The molecule has 7 heteroatoms. The van der Waals surface area contributed by atoms with Gasteiger partial charge in [-0.25, -0.2) is 8.78 Å². The number of benzene rings is 1.